The van der Waals surface area contributed by atoms with Crippen molar-refractivity contribution in [3.63, 3.8) is 0 Å². The summed E-state index contributed by atoms with van der Waals surface area (Å²) in [5.41, 5.74) is 0.375. The maximum atomic E-state index is 14.4. The fraction of sp³-hybridized carbons (Fsp3) is 0.429. The third kappa shape index (κ3) is 9.72. The summed E-state index contributed by atoms with van der Waals surface area (Å²) >= 11 is 1.06. The first-order valence-corrected chi connectivity index (χ1v) is 11.7. The molecule has 3 rings (SSSR count). The van der Waals surface area contributed by atoms with E-state index < -0.39 is 30.1 Å². The van der Waals surface area contributed by atoms with Crippen molar-refractivity contribution in [3.8, 4) is 5.75 Å². The van der Waals surface area contributed by atoms with Crippen LogP contribution in [0.5, 0.6) is 5.75 Å². The van der Waals surface area contributed by atoms with Gasteiger partial charge < -0.3 is 20.1 Å². The van der Waals surface area contributed by atoms with Gasteiger partial charge in [-0.2, -0.15) is 0 Å². The van der Waals surface area contributed by atoms with Crippen LogP contribution in [0.3, 0.4) is 0 Å². The second kappa shape index (κ2) is 13.0. The molecule has 1 aromatic carbocycles. The zero-order valence-corrected chi connectivity index (χ0v) is 20.3. The number of hydrogen-bond donors (Lipinski definition) is 2. The normalized spacial score (nSPS) is 12.2. The maximum Gasteiger partial charge on any atom is 0.573 e. The number of aromatic nitrogens is 5. The van der Waals surface area contributed by atoms with Gasteiger partial charge in [-0.25, -0.2) is 9.07 Å². The van der Waals surface area contributed by atoms with Crippen LogP contribution < -0.4 is 15.4 Å². The van der Waals surface area contributed by atoms with Crippen molar-refractivity contribution in [3.05, 3.63) is 46.7 Å². The lowest BCUT2D eigenvalue weighted by Gasteiger charge is -2.09. The Morgan fingerprint density at radius 3 is 2.78 bits per heavy atom. The molecule has 0 aliphatic rings. The Kier molecular flexibility index (Phi) is 9.85. The standard InChI is InChI=1S/C21H23F4N7O4S/c1-35-8-7-26-19(34)16-12-32(31-28-16)11-14(22)5-6-18-29-30-20(37-18)27-17(33)10-13-3-2-4-15(9-13)36-21(23,24)25/h2-4,9,12,14H,5-8,10-11H2,1H3,(H,26,34)(H,27,30,33). The van der Waals surface area contributed by atoms with E-state index in [1.807, 2.05) is 0 Å². The average Bonchev–Trinajstić information content (AvgIpc) is 3.46. The van der Waals surface area contributed by atoms with Gasteiger partial charge in [0.15, 0.2) is 5.69 Å². The highest BCUT2D eigenvalue weighted by atomic mass is 32.1. The highest BCUT2D eigenvalue weighted by Crippen LogP contribution is 2.24. The first-order chi connectivity index (χ1) is 17.6. The molecule has 0 aliphatic carbocycles. The molecule has 0 bridgehead atoms. The molecule has 0 fully saturated rings. The van der Waals surface area contributed by atoms with Crippen LogP contribution in [-0.2, 0) is 28.9 Å². The SMILES string of the molecule is COCCNC(=O)c1cn(CC(F)CCc2nnc(NC(=O)Cc3cccc(OC(F)(F)F)c3)s2)nn1. The second-order valence-corrected chi connectivity index (χ2v) is 8.69. The van der Waals surface area contributed by atoms with Gasteiger partial charge in [-0.1, -0.05) is 28.7 Å². The molecule has 2 heterocycles. The van der Waals surface area contributed by atoms with E-state index in [2.05, 4.69) is 35.9 Å². The molecular formula is C21H23F4N7O4S. The molecular weight excluding hydrogens is 522 g/mol. The third-order valence-corrected chi connectivity index (χ3v) is 5.53. The molecule has 0 aliphatic heterocycles. The lowest BCUT2D eigenvalue weighted by Crippen LogP contribution is -2.27. The molecule has 0 radical (unpaired) electrons. The first kappa shape index (κ1) is 27.9. The Hall–Kier alpha value is -3.66. The molecule has 1 unspecified atom stereocenters. The number of rotatable bonds is 13. The van der Waals surface area contributed by atoms with Gasteiger partial charge in [-0.3, -0.25) is 9.59 Å². The maximum absolute atomic E-state index is 14.4. The lowest BCUT2D eigenvalue weighted by molar-refractivity contribution is -0.274. The van der Waals surface area contributed by atoms with Crippen LogP contribution in [-0.4, -0.2) is 69.8 Å². The first-order valence-electron chi connectivity index (χ1n) is 10.9. The number of benzene rings is 1. The van der Waals surface area contributed by atoms with Crippen LogP contribution in [0, 0.1) is 0 Å². The number of methoxy groups -OCH3 is 1. The summed E-state index contributed by atoms with van der Waals surface area (Å²) in [6.45, 7) is 0.540. The summed E-state index contributed by atoms with van der Waals surface area (Å²) in [5, 5.41) is 21.0. The monoisotopic (exact) mass is 545 g/mol. The number of nitrogens with one attached hydrogen (secondary N) is 2. The highest BCUT2D eigenvalue weighted by molar-refractivity contribution is 7.15. The van der Waals surface area contributed by atoms with E-state index in [-0.39, 0.29) is 36.6 Å². The number of nitrogens with zero attached hydrogens (tertiary/aromatic N) is 5. The van der Waals surface area contributed by atoms with Gasteiger partial charge in [-0.15, -0.1) is 28.5 Å². The summed E-state index contributed by atoms with van der Waals surface area (Å²) < 4.78 is 61.4. The second-order valence-electron chi connectivity index (χ2n) is 7.63. The van der Waals surface area contributed by atoms with Gasteiger partial charge >= 0.3 is 6.36 Å². The predicted octanol–water partition coefficient (Wildman–Crippen LogP) is 2.56. The van der Waals surface area contributed by atoms with Gasteiger partial charge in [0.2, 0.25) is 11.0 Å². The number of hydrogen-bond acceptors (Lipinski definition) is 9. The zero-order chi connectivity index (χ0) is 26.8. The number of carbonyl (C=O) groups excluding carboxylic acids is 2. The van der Waals surface area contributed by atoms with E-state index in [0.29, 0.717) is 23.7 Å². The van der Waals surface area contributed by atoms with Crippen molar-refractivity contribution >= 4 is 28.3 Å². The lowest BCUT2D eigenvalue weighted by atomic mass is 10.1. The molecule has 2 aromatic heterocycles. The summed E-state index contributed by atoms with van der Waals surface area (Å²) in [6.07, 6.45) is -4.67. The summed E-state index contributed by atoms with van der Waals surface area (Å²) in [4.78, 5) is 24.1. The number of aryl methyl sites for hydroxylation is 1. The van der Waals surface area contributed by atoms with Crippen molar-refractivity contribution in [2.24, 2.45) is 0 Å². The van der Waals surface area contributed by atoms with Crippen LogP contribution in [0.4, 0.5) is 22.7 Å². The Morgan fingerprint density at radius 2 is 2.03 bits per heavy atom. The molecule has 200 valence electrons. The van der Waals surface area contributed by atoms with E-state index >= 15 is 0 Å². The average molecular weight is 546 g/mol. The predicted molar refractivity (Wildman–Crippen MR) is 123 cm³/mol. The Balaban J connectivity index is 1.43. The van der Waals surface area contributed by atoms with Crippen LogP contribution >= 0.6 is 11.3 Å². The summed E-state index contributed by atoms with van der Waals surface area (Å²) in [7, 11) is 1.51. The van der Waals surface area contributed by atoms with Crippen LogP contribution in [0.25, 0.3) is 0 Å². The van der Waals surface area contributed by atoms with Crippen LogP contribution in [0.15, 0.2) is 30.5 Å². The molecule has 16 heteroatoms. The van der Waals surface area contributed by atoms with Gasteiger partial charge in [0.05, 0.1) is 25.8 Å². The molecule has 3 aromatic rings. The number of carbonyl (C=O) groups is 2. The zero-order valence-electron chi connectivity index (χ0n) is 19.5. The highest BCUT2D eigenvalue weighted by Gasteiger charge is 2.31. The number of halogens is 4. The Bertz CT molecular complexity index is 1190. The van der Waals surface area contributed by atoms with E-state index in [1.165, 1.54) is 30.1 Å². The fourth-order valence-electron chi connectivity index (χ4n) is 3.03. The van der Waals surface area contributed by atoms with Crippen molar-refractivity contribution in [1.29, 1.82) is 0 Å². The van der Waals surface area contributed by atoms with Crippen molar-refractivity contribution in [2.45, 2.75) is 38.3 Å². The molecule has 37 heavy (non-hydrogen) atoms. The van der Waals surface area contributed by atoms with Gasteiger partial charge in [-0.05, 0) is 24.1 Å². The van der Waals surface area contributed by atoms with Crippen LogP contribution in [0.2, 0.25) is 0 Å². The number of alkyl halides is 4. The molecule has 0 saturated heterocycles. The molecule has 1 atom stereocenters. The van der Waals surface area contributed by atoms with E-state index in [4.69, 9.17) is 4.74 Å². The van der Waals surface area contributed by atoms with Crippen LogP contribution in [0.1, 0.15) is 27.5 Å². The summed E-state index contributed by atoms with van der Waals surface area (Å²) in [5.74, 6) is -1.38. The fourth-order valence-corrected chi connectivity index (χ4v) is 3.80. The van der Waals surface area contributed by atoms with Crippen molar-refractivity contribution in [2.75, 3.05) is 25.6 Å². The van der Waals surface area contributed by atoms with E-state index in [9.17, 15) is 27.2 Å². The molecule has 11 nitrogen and oxygen atoms in total. The van der Waals surface area contributed by atoms with E-state index in [1.54, 1.807) is 0 Å². The van der Waals surface area contributed by atoms with Gasteiger partial charge in [0.25, 0.3) is 5.91 Å². The quantitative estimate of drug-likeness (QED) is 0.247. The van der Waals surface area contributed by atoms with Crippen molar-refractivity contribution in [1.82, 2.24) is 30.5 Å². The minimum absolute atomic E-state index is 0.0624. The number of anilines is 1. The topological polar surface area (TPSA) is 133 Å². The smallest absolute Gasteiger partial charge is 0.406 e. The summed E-state index contributed by atoms with van der Waals surface area (Å²) in [6, 6.07) is 5.08. The molecule has 2 N–H and O–H groups in total. The Labute approximate surface area is 212 Å². The number of ether oxygens (including phenoxy) is 2. The minimum Gasteiger partial charge on any atom is -0.406 e. The van der Waals surface area contributed by atoms with Gasteiger partial charge in [0, 0.05) is 20.1 Å². The third-order valence-electron chi connectivity index (χ3n) is 4.63. The largest absolute Gasteiger partial charge is 0.573 e. The Morgan fingerprint density at radius 1 is 1.22 bits per heavy atom. The van der Waals surface area contributed by atoms with Crippen molar-refractivity contribution < 1.29 is 36.6 Å². The molecule has 0 saturated carbocycles. The van der Waals surface area contributed by atoms with E-state index in [0.717, 1.165) is 23.5 Å². The minimum atomic E-state index is -4.83. The molecule has 0 spiro atoms. The molecule has 2 amide bonds. The number of amides is 2. The van der Waals surface area contributed by atoms with Gasteiger partial charge in [0.1, 0.15) is 16.9 Å².